The van der Waals surface area contributed by atoms with Gasteiger partial charge in [-0.05, 0) is 88.1 Å². The van der Waals surface area contributed by atoms with Crippen molar-refractivity contribution in [3.8, 4) is 27.9 Å². The van der Waals surface area contributed by atoms with Gasteiger partial charge in [-0.2, -0.15) is 0 Å². The van der Waals surface area contributed by atoms with Gasteiger partial charge < -0.3 is 9.47 Å². The van der Waals surface area contributed by atoms with Gasteiger partial charge in [0, 0.05) is 53.6 Å². The van der Waals surface area contributed by atoms with Crippen LogP contribution in [0.2, 0.25) is 0 Å². The number of para-hydroxylation sites is 2. The largest absolute Gasteiger partial charge is 0.310 e. The predicted molar refractivity (Wildman–Crippen MR) is 237 cm³/mol. The van der Waals surface area contributed by atoms with Crippen molar-refractivity contribution in [1.82, 2.24) is 4.57 Å². The van der Waals surface area contributed by atoms with Crippen LogP contribution in [0.25, 0.3) is 80.7 Å². The summed E-state index contributed by atoms with van der Waals surface area (Å²) in [6.45, 7) is 0. The summed E-state index contributed by atoms with van der Waals surface area (Å²) in [5, 5.41) is 7.55. The van der Waals surface area contributed by atoms with Crippen LogP contribution in [0.3, 0.4) is 0 Å². The molecule has 2 aromatic heterocycles. The van der Waals surface area contributed by atoms with Crippen LogP contribution in [0.4, 0.5) is 17.1 Å². The average molecular weight is 719 g/mol. The maximum absolute atomic E-state index is 2.47. The summed E-state index contributed by atoms with van der Waals surface area (Å²) in [6.07, 6.45) is 0. The molecule has 0 unspecified atom stereocenters. The minimum Gasteiger partial charge on any atom is -0.310 e. The molecule has 258 valence electrons. The monoisotopic (exact) mass is 718 g/mol. The molecular weight excluding hydrogens is 685 g/mol. The molecule has 0 spiro atoms. The van der Waals surface area contributed by atoms with E-state index in [9.17, 15) is 0 Å². The summed E-state index contributed by atoms with van der Waals surface area (Å²) >= 11 is 1.86. The maximum atomic E-state index is 2.47. The Balaban J connectivity index is 1.20. The highest BCUT2D eigenvalue weighted by Crippen LogP contribution is 2.46. The van der Waals surface area contributed by atoms with Crippen LogP contribution >= 0.6 is 11.3 Å². The number of aromatic nitrogens is 1. The third-order valence-electron chi connectivity index (χ3n) is 11.0. The smallest absolute Gasteiger partial charge is 0.0546 e. The zero-order valence-corrected chi connectivity index (χ0v) is 30.7. The number of anilines is 3. The Morgan fingerprint density at radius 3 is 1.82 bits per heavy atom. The van der Waals surface area contributed by atoms with E-state index in [1.807, 2.05) is 11.3 Å². The van der Waals surface area contributed by atoms with Gasteiger partial charge in [-0.3, -0.25) is 0 Å². The maximum Gasteiger partial charge on any atom is 0.0546 e. The van der Waals surface area contributed by atoms with Crippen molar-refractivity contribution in [2.24, 2.45) is 0 Å². The topological polar surface area (TPSA) is 8.17 Å². The first kappa shape index (κ1) is 31.6. The van der Waals surface area contributed by atoms with Gasteiger partial charge in [0.05, 0.1) is 16.7 Å². The lowest BCUT2D eigenvalue weighted by Gasteiger charge is -2.29. The van der Waals surface area contributed by atoms with Crippen molar-refractivity contribution in [3.63, 3.8) is 0 Å². The number of hydrogen-bond acceptors (Lipinski definition) is 2. The number of nitrogens with zero attached hydrogens (tertiary/aromatic N) is 2. The van der Waals surface area contributed by atoms with Crippen LogP contribution in [0.15, 0.2) is 206 Å². The Hall–Kier alpha value is -6.94. The summed E-state index contributed by atoms with van der Waals surface area (Å²) in [6, 6.07) is 75.4. The number of thiophene rings is 1. The van der Waals surface area contributed by atoms with Crippen molar-refractivity contribution in [3.05, 3.63) is 206 Å². The van der Waals surface area contributed by atoms with Crippen molar-refractivity contribution >= 4 is 81.1 Å². The van der Waals surface area contributed by atoms with Crippen LogP contribution in [0.1, 0.15) is 0 Å². The molecule has 0 N–H and O–H groups in total. The summed E-state index contributed by atoms with van der Waals surface area (Å²) in [7, 11) is 0. The SMILES string of the molecule is c1ccc(-c2ccc(-c3cccc4ccccc34)cc2N(c2cccc(-n3c4ccccc4c4ccccc43)c2)c2ccc3sc4ccccc4c3c2)cc1. The molecule has 0 aliphatic carbocycles. The van der Waals surface area contributed by atoms with Crippen molar-refractivity contribution in [2.75, 3.05) is 4.90 Å². The molecule has 0 saturated carbocycles. The van der Waals surface area contributed by atoms with Gasteiger partial charge in [-0.1, -0.05) is 146 Å². The Kier molecular flexibility index (Phi) is 7.39. The van der Waals surface area contributed by atoms with Gasteiger partial charge >= 0.3 is 0 Å². The predicted octanol–water partition coefficient (Wildman–Crippen LogP) is 15.1. The number of benzene rings is 9. The fourth-order valence-corrected chi connectivity index (χ4v) is 9.56. The van der Waals surface area contributed by atoms with Gasteiger partial charge in [0.1, 0.15) is 0 Å². The lowest BCUT2D eigenvalue weighted by atomic mass is 9.94. The van der Waals surface area contributed by atoms with Crippen molar-refractivity contribution in [1.29, 1.82) is 0 Å². The average Bonchev–Trinajstić information content (AvgIpc) is 3.80. The second-order valence-corrected chi connectivity index (χ2v) is 15.2. The van der Waals surface area contributed by atoms with Crippen LogP contribution in [0, 0.1) is 0 Å². The van der Waals surface area contributed by atoms with Crippen LogP contribution in [-0.4, -0.2) is 4.57 Å². The molecule has 0 fully saturated rings. The van der Waals surface area contributed by atoms with E-state index in [0.29, 0.717) is 0 Å². The number of rotatable bonds is 6. The van der Waals surface area contributed by atoms with Gasteiger partial charge in [0.2, 0.25) is 0 Å². The van der Waals surface area contributed by atoms with Crippen molar-refractivity contribution in [2.45, 2.75) is 0 Å². The van der Waals surface area contributed by atoms with E-state index in [2.05, 4.69) is 216 Å². The first-order valence-corrected chi connectivity index (χ1v) is 19.6. The van der Waals surface area contributed by atoms with E-state index in [-0.39, 0.29) is 0 Å². The first-order valence-electron chi connectivity index (χ1n) is 18.8. The van der Waals surface area contributed by atoms with Gasteiger partial charge in [-0.25, -0.2) is 0 Å². The minimum absolute atomic E-state index is 1.09. The molecule has 11 aromatic rings. The van der Waals surface area contributed by atoms with Crippen LogP contribution in [-0.2, 0) is 0 Å². The quantitative estimate of drug-likeness (QED) is 0.166. The molecular formula is C52H34N2S. The van der Waals surface area contributed by atoms with Gasteiger partial charge in [0.25, 0.3) is 0 Å². The fourth-order valence-electron chi connectivity index (χ4n) is 8.48. The molecule has 0 atom stereocenters. The molecule has 0 bridgehead atoms. The Labute approximate surface area is 323 Å². The minimum atomic E-state index is 1.09. The van der Waals surface area contributed by atoms with E-state index in [0.717, 1.165) is 22.7 Å². The molecule has 0 saturated heterocycles. The highest BCUT2D eigenvalue weighted by Gasteiger charge is 2.21. The molecule has 3 heteroatoms. The second kappa shape index (κ2) is 12.9. The zero-order chi connectivity index (χ0) is 36.3. The van der Waals surface area contributed by atoms with E-state index < -0.39 is 0 Å². The Bertz CT molecular complexity index is 3170. The van der Waals surface area contributed by atoms with Gasteiger partial charge in [0.15, 0.2) is 0 Å². The van der Waals surface area contributed by atoms with Crippen LogP contribution < -0.4 is 4.90 Å². The number of hydrogen-bond donors (Lipinski definition) is 0. The molecule has 2 nitrogen and oxygen atoms in total. The van der Waals surface area contributed by atoms with E-state index >= 15 is 0 Å². The molecule has 0 radical (unpaired) electrons. The van der Waals surface area contributed by atoms with E-state index in [4.69, 9.17) is 0 Å². The molecule has 0 aliphatic heterocycles. The van der Waals surface area contributed by atoms with Crippen molar-refractivity contribution < 1.29 is 0 Å². The lowest BCUT2D eigenvalue weighted by molar-refractivity contribution is 1.17. The third-order valence-corrected chi connectivity index (χ3v) is 12.1. The molecule has 55 heavy (non-hydrogen) atoms. The summed E-state index contributed by atoms with van der Waals surface area (Å²) < 4.78 is 5.00. The molecule has 9 aromatic carbocycles. The fraction of sp³-hybridized carbons (Fsp3) is 0. The van der Waals surface area contributed by atoms with E-state index in [1.165, 1.54) is 75.0 Å². The summed E-state index contributed by atoms with van der Waals surface area (Å²) in [5.41, 5.74) is 11.6. The van der Waals surface area contributed by atoms with Crippen LogP contribution in [0.5, 0.6) is 0 Å². The normalized spacial score (nSPS) is 11.6. The highest BCUT2D eigenvalue weighted by molar-refractivity contribution is 7.25. The molecule has 11 rings (SSSR count). The Morgan fingerprint density at radius 2 is 1.00 bits per heavy atom. The lowest BCUT2D eigenvalue weighted by Crippen LogP contribution is -2.12. The standard InChI is InChI=1S/C52H34N2S/c1-2-14-36(15-3-1)43-30-28-37(42-24-12-17-35-16-4-5-20-41(35)42)32-50(43)53(40-29-31-52-47(34-40)46-23-8-11-27-51(46)55-52)38-18-13-19-39(33-38)54-48-25-9-6-21-44(48)45-22-7-10-26-49(45)54/h1-34H. The molecule has 2 heterocycles. The number of fused-ring (bicyclic) bond motifs is 7. The second-order valence-electron chi connectivity index (χ2n) is 14.1. The zero-order valence-electron chi connectivity index (χ0n) is 29.9. The molecule has 0 aliphatic rings. The Morgan fingerprint density at radius 1 is 0.364 bits per heavy atom. The summed E-state index contributed by atoms with van der Waals surface area (Å²) in [5.74, 6) is 0. The summed E-state index contributed by atoms with van der Waals surface area (Å²) in [4.78, 5) is 2.47. The van der Waals surface area contributed by atoms with Gasteiger partial charge in [-0.15, -0.1) is 11.3 Å². The third kappa shape index (κ3) is 5.24. The highest BCUT2D eigenvalue weighted by atomic mass is 32.1. The first-order chi connectivity index (χ1) is 27.3. The van der Waals surface area contributed by atoms with E-state index in [1.54, 1.807) is 0 Å². The molecule has 0 amide bonds.